The summed E-state index contributed by atoms with van der Waals surface area (Å²) < 4.78 is 29.9. The van der Waals surface area contributed by atoms with Gasteiger partial charge in [0, 0.05) is 20.2 Å². The van der Waals surface area contributed by atoms with Gasteiger partial charge in [-0.1, -0.05) is 6.07 Å². The summed E-state index contributed by atoms with van der Waals surface area (Å²) in [5, 5.41) is 12.0. The standard InChI is InChI=1S/C15H20N2O3S/c1-20-15(6-3-7-15)12-17-8-9-21(18,19)14-5-2-4-13(10-14)11-16/h2,4-5,10,17H,3,6-9,12H2,1H3. The molecule has 0 bridgehead atoms. The average molecular weight is 308 g/mol. The number of ether oxygens (including phenoxy) is 1. The minimum absolute atomic E-state index is 0.0156. The van der Waals surface area contributed by atoms with Gasteiger partial charge in [-0.05, 0) is 37.5 Å². The molecule has 0 saturated heterocycles. The van der Waals surface area contributed by atoms with E-state index in [0.29, 0.717) is 18.7 Å². The van der Waals surface area contributed by atoms with Gasteiger partial charge in [0.1, 0.15) is 0 Å². The maximum atomic E-state index is 12.2. The molecule has 1 aromatic carbocycles. The van der Waals surface area contributed by atoms with E-state index < -0.39 is 9.84 Å². The third kappa shape index (κ3) is 3.82. The predicted molar refractivity (Wildman–Crippen MR) is 79.7 cm³/mol. The lowest BCUT2D eigenvalue weighted by molar-refractivity contribution is -0.0689. The Morgan fingerprint density at radius 3 is 2.76 bits per heavy atom. The number of sulfone groups is 1. The fourth-order valence-corrected chi connectivity index (χ4v) is 3.67. The van der Waals surface area contributed by atoms with Gasteiger partial charge in [0.25, 0.3) is 0 Å². The molecule has 2 rings (SSSR count). The molecule has 1 fully saturated rings. The minimum Gasteiger partial charge on any atom is -0.377 e. The van der Waals surface area contributed by atoms with E-state index in [0.717, 1.165) is 19.3 Å². The number of methoxy groups -OCH3 is 1. The number of nitriles is 1. The summed E-state index contributed by atoms with van der Waals surface area (Å²) in [7, 11) is -1.66. The van der Waals surface area contributed by atoms with Gasteiger partial charge in [-0.25, -0.2) is 8.42 Å². The molecule has 0 radical (unpaired) electrons. The number of hydrogen-bond donors (Lipinski definition) is 1. The third-order valence-corrected chi connectivity index (χ3v) is 5.73. The fraction of sp³-hybridized carbons (Fsp3) is 0.533. The normalized spacial score (nSPS) is 17.0. The topological polar surface area (TPSA) is 79.2 Å². The second-order valence-corrected chi connectivity index (χ2v) is 7.49. The van der Waals surface area contributed by atoms with E-state index >= 15 is 0 Å². The van der Waals surface area contributed by atoms with E-state index in [9.17, 15) is 8.42 Å². The molecule has 1 aliphatic rings. The molecule has 6 heteroatoms. The van der Waals surface area contributed by atoms with E-state index in [2.05, 4.69) is 5.32 Å². The lowest BCUT2D eigenvalue weighted by Gasteiger charge is -2.40. The Morgan fingerprint density at radius 1 is 1.43 bits per heavy atom. The second-order valence-electron chi connectivity index (χ2n) is 5.38. The molecular formula is C15H20N2O3S. The Bertz CT molecular complexity index is 625. The Labute approximate surface area is 125 Å². The van der Waals surface area contributed by atoms with Crippen LogP contribution in [0.25, 0.3) is 0 Å². The largest absolute Gasteiger partial charge is 0.377 e. The van der Waals surface area contributed by atoms with Crippen LogP contribution in [0.5, 0.6) is 0 Å². The lowest BCUT2D eigenvalue weighted by Crippen LogP contribution is -2.48. The minimum atomic E-state index is -3.36. The molecule has 1 aliphatic carbocycles. The molecule has 0 amide bonds. The van der Waals surface area contributed by atoms with Crippen LogP contribution in [0.3, 0.4) is 0 Å². The summed E-state index contributed by atoms with van der Waals surface area (Å²) in [6.45, 7) is 1.06. The van der Waals surface area contributed by atoms with Gasteiger partial charge in [-0.15, -0.1) is 0 Å². The van der Waals surface area contributed by atoms with Gasteiger partial charge in [0.05, 0.1) is 27.9 Å². The number of nitrogens with one attached hydrogen (secondary N) is 1. The van der Waals surface area contributed by atoms with Crippen molar-refractivity contribution >= 4 is 9.84 Å². The van der Waals surface area contributed by atoms with Gasteiger partial charge in [0.15, 0.2) is 9.84 Å². The Morgan fingerprint density at radius 2 is 2.19 bits per heavy atom. The van der Waals surface area contributed by atoms with Crippen LogP contribution in [0.4, 0.5) is 0 Å². The van der Waals surface area contributed by atoms with Crippen molar-refractivity contribution in [3.8, 4) is 6.07 Å². The van der Waals surface area contributed by atoms with Crippen LogP contribution >= 0.6 is 0 Å². The van der Waals surface area contributed by atoms with Crippen molar-refractivity contribution in [2.45, 2.75) is 29.8 Å². The summed E-state index contributed by atoms with van der Waals surface area (Å²) in [6.07, 6.45) is 3.20. The highest BCUT2D eigenvalue weighted by atomic mass is 32.2. The monoisotopic (exact) mass is 308 g/mol. The molecule has 1 aromatic rings. The van der Waals surface area contributed by atoms with Crippen molar-refractivity contribution in [1.29, 1.82) is 5.26 Å². The van der Waals surface area contributed by atoms with Crippen molar-refractivity contribution in [3.05, 3.63) is 29.8 Å². The van der Waals surface area contributed by atoms with Crippen molar-refractivity contribution < 1.29 is 13.2 Å². The molecule has 0 unspecified atom stereocenters. The molecule has 0 atom stereocenters. The zero-order chi connectivity index (χ0) is 15.3. The van der Waals surface area contributed by atoms with Crippen molar-refractivity contribution in [1.82, 2.24) is 5.32 Å². The molecule has 1 N–H and O–H groups in total. The summed E-state index contributed by atoms with van der Waals surface area (Å²) in [4.78, 5) is 0.202. The van der Waals surface area contributed by atoms with E-state index in [1.165, 1.54) is 12.1 Å². The van der Waals surface area contributed by atoms with Gasteiger partial charge in [-0.3, -0.25) is 0 Å². The molecule has 0 spiro atoms. The first-order valence-electron chi connectivity index (χ1n) is 7.00. The third-order valence-electron chi connectivity index (χ3n) is 4.01. The number of hydrogen-bond acceptors (Lipinski definition) is 5. The van der Waals surface area contributed by atoms with E-state index in [1.54, 1.807) is 19.2 Å². The molecular weight excluding hydrogens is 288 g/mol. The predicted octanol–water partition coefficient (Wildman–Crippen LogP) is 1.49. The van der Waals surface area contributed by atoms with Crippen molar-refractivity contribution in [3.63, 3.8) is 0 Å². The maximum absolute atomic E-state index is 12.2. The first-order valence-corrected chi connectivity index (χ1v) is 8.65. The molecule has 114 valence electrons. The molecule has 5 nitrogen and oxygen atoms in total. The molecule has 0 heterocycles. The maximum Gasteiger partial charge on any atom is 0.179 e. The summed E-state index contributed by atoms with van der Waals surface area (Å²) >= 11 is 0. The molecule has 21 heavy (non-hydrogen) atoms. The Balaban J connectivity index is 1.88. The van der Waals surface area contributed by atoms with Crippen LogP contribution in [0.15, 0.2) is 29.2 Å². The highest BCUT2D eigenvalue weighted by Gasteiger charge is 2.36. The van der Waals surface area contributed by atoms with Crippen molar-refractivity contribution in [2.75, 3.05) is 26.0 Å². The van der Waals surface area contributed by atoms with Crippen LogP contribution in [0.2, 0.25) is 0 Å². The van der Waals surface area contributed by atoms with Crippen LogP contribution in [0.1, 0.15) is 24.8 Å². The first kappa shape index (κ1) is 16.0. The van der Waals surface area contributed by atoms with Gasteiger partial charge >= 0.3 is 0 Å². The Hall–Kier alpha value is -1.42. The average Bonchev–Trinajstić information content (AvgIpc) is 2.46. The highest BCUT2D eigenvalue weighted by Crippen LogP contribution is 2.34. The van der Waals surface area contributed by atoms with Crippen LogP contribution < -0.4 is 5.32 Å². The number of rotatable bonds is 7. The van der Waals surface area contributed by atoms with Crippen molar-refractivity contribution in [2.24, 2.45) is 0 Å². The van der Waals surface area contributed by atoms with E-state index in [-0.39, 0.29) is 16.2 Å². The van der Waals surface area contributed by atoms with Gasteiger partial charge < -0.3 is 10.1 Å². The molecule has 0 aliphatic heterocycles. The van der Waals surface area contributed by atoms with Crippen LogP contribution in [0, 0.1) is 11.3 Å². The number of benzene rings is 1. The first-order chi connectivity index (χ1) is 10.0. The van der Waals surface area contributed by atoms with E-state index in [4.69, 9.17) is 10.00 Å². The SMILES string of the molecule is COC1(CNCCS(=O)(=O)c2cccc(C#N)c2)CCC1. The smallest absolute Gasteiger partial charge is 0.179 e. The van der Waals surface area contributed by atoms with Crippen LogP contribution in [-0.2, 0) is 14.6 Å². The van der Waals surface area contributed by atoms with Gasteiger partial charge in [0.2, 0.25) is 0 Å². The quantitative estimate of drug-likeness (QED) is 0.772. The number of nitrogens with zero attached hydrogens (tertiary/aromatic N) is 1. The van der Waals surface area contributed by atoms with Crippen LogP contribution in [-0.4, -0.2) is 40.0 Å². The summed E-state index contributed by atoms with van der Waals surface area (Å²) in [5.74, 6) is 0.0156. The zero-order valence-corrected chi connectivity index (χ0v) is 12.9. The zero-order valence-electron chi connectivity index (χ0n) is 12.1. The molecule has 0 aromatic heterocycles. The summed E-state index contributed by atoms with van der Waals surface area (Å²) in [6, 6.07) is 8.08. The van der Waals surface area contributed by atoms with E-state index in [1.807, 2.05) is 6.07 Å². The Kier molecular flexibility index (Phi) is 4.99. The summed E-state index contributed by atoms with van der Waals surface area (Å²) in [5.41, 5.74) is 0.252. The molecule has 1 saturated carbocycles. The lowest BCUT2D eigenvalue weighted by atomic mass is 9.80. The highest BCUT2D eigenvalue weighted by molar-refractivity contribution is 7.91. The second kappa shape index (κ2) is 6.56. The fourth-order valence-electron chi connectivity index (χ4n) is 2.42. The van der Waals surface area contributed by atoms with Gasteiger partial charge in [-0.2, -0.15) is 5.26 Å².